The van der Waals surface area contributed by atoms with Crippen LogP contribution in [0.4, 0.5) is 0 Å². The quantitative estimate of drug-likeness (QED) is 0.816. The van der Waals surface area contributed by atoms with Gasteiger partial charge in [-0.15, -0.1) is 0 Å². The molecule has 82 valence electrons. The average molecular weight is 207 g/mol. The highest BCUT2D eigenvalue weighted by Crippen LogP contribution is 2.24. The highest BCUT2D eigenvalue weighted by Gasteiger charge is 2.30. The first-order valence-electron chi connectivity index (χ1n) is 5.24. The summed E-state index contributed by atoms with van der Waals surface area (Å²) in [6, 6.07) is 8.06. The molecule has 1 N–H and O–H groups in total. The fourth-order valence-electron chi connectivity index (χ4n) is 1.97. The Bertz CT molecular complexity index is 332. The summed E-state index contributed by atoms with van der Waals surface area (Å²) >= 11 is 0. The Hall–Kier alpha value is -1.06. The highest BCUT2D eigenvalue weighted by atomic mass is 16.5. The van der Waals surface area contributed by atoms with Crippen molar-refractivity contribution in [1.29, 1.82) is 0 Å². The van der Waals surface area contributed by atoms with E-state index in [9.17, 15) is 0 Å². The Labute approximate surface area is 90.4 Å². The molecule has 0 amide bonds. The minimum Gasteiger partial charge on any atom is -0.496 e. The zero-order valence-corrected chi connectivity index (χ0v) is 9.25. The zero-order chi connectivity index (χ0) is 10.7. The molecule has 0 saturated carbocycles. The maximum Gasteiger partial charge on any atom is 0.122 e. The molecule has 2 rings (SSSR count). The first kappa shape index (κ1) is 10.5. The summed E-state index contributed by atoms with van der Waals surface area (Å²) in [4.78, 5) is 0. The number of hydrogen-bond donors (Lipinski definition) is 1. The fourth-order valence-corrected chi connectivity index (χ4v) is 1.97. The van der Waals surface area contributed by atoms with Gasteiger partial charge in [0.1, 0.15) is 11.5 Å². The second kappa shape index (κ2) is 4.21. The topological polar surface area (TPSA) is 30.5 Å². The molecule has 0 aliphatic carbocycles. The van der Waals surface area contributed by atoms with Gasteiger partial charge in [-0.05, 0) is 18.6 Å². The fraction of sp³-hybridized carbons (Fsp3) is 0.500. The van der Waals surface area contributed by atoms with E-state index in [4.69, 9.17) is 9.47 Å². The van der Waals surface area contributed by atoms with Crippen molar-refractivity contribution in [3.63, 3.8) is 0 Å². The Balaban J connectivity index is 2.16. The lowest BCUT2D eigenvalue weighted by Crippen LogP contribution is -2.39. The third-order valence-corrected chi connectivity index (χ3v) is 2.74. The molecule has 1 atom stereocenters. The van der Waals surface area contributed by atoms with E-state index in [0.29, 0.717) is 0 Å². The van der Waals surface area contributed by atoms with E-state index >= 15 is 0 Å². The first-order valence-corrected chi connectivity index (χ1v) is 5.24. The average Bonchev–Trinajstić information content (AvgIpc) is 2.66. The van der Waals surface area contributed by atoms with Crippen LogP contribution in [0.2, 0.25) is 0 Å². The molecule has 0 bridgehead atoms. The number of methoxy groups -OCH3 is 1. The molecule has 1 aliphatic heterocycles. The summed E-state index contributed by atoms with van der Waals surface area (Å²) < 4.78 is 11.0. The Morgan fingerprint density at radius 2 is 2.27 bits per heavy atom. The third-order valence-electron chi connectivity index (χ3n) is 2.74. The smallest absolute Gasteiger partial charge is 0.122 e. The van der Waals surface area contributed by atoms with E-state index in [1.807, 2.05) is 18.2 Å². The van der Waals surface area contributed by atoms with Gasteiger partial charge in [-0.3, -0.25) is 5.32 Å². The highest BCUT2D eigenvalue weighted by molar-refractivity contribution is 5.34. The number of ether oxygens (including phenoxy) is 2. The molecule has 1 heterocycles. The van der Waals surface area contributed by atoms with Gasteiger partial charge in [-0.2, -0.15) is 0 Å². The minimum atomic E-state index is -0.241. The maximum absolute atomic E-state index is 5.68. The predicted molar refractivity (Wildman–Crippen MR) is 59.1 cm³/mol. The summed E-state index contributed by atoms with van der Waals surface area (Å²) in [5.74, 6) is 0.927. The molecule has 1 aliphatic rings. The second-order valence-corrected chi connectivity index (χ2v) is 3.99. The molecular weight excluding hydrogens is 190 g/mol. The van der Waals surface area contributed by atoms with Gasteiger partial charge in [0.25, 0.3) is 0 Å². The first-order chi connectivity index (χ1) is 7.23. The Kier molecular flexibility index (Phi) is 2.93. The zero-order valence-electron chi connectivity index (χ0n) is 9.25. The molecule has 0 spiro atoms. The number of rotatable bonds is 3. The lowest BCUT2D eigenvalue weighted by atomic mass is 10.0. The molecule has 0 radical (unpaired) electrons. The van der Waals surface area contributed by atoms with Gasteiger partial charge < -0.3 is 9.47 Å². The van der Waals surface area contributed by atoms with E-state index in [1.165, 1.54) is 5.56 Å². The van der Waals surface area contributed by atoms with Gasteiger partial charge >= 0.3 is 0 Å². The number of benzene rings is 1. The predicted octanol–water partition coefficient (Wildman–Crippen LogP) is 1.57. The summed E-state index contributed by atoms with van der Waals surface area (Å²) in [6.07, 6.45) is 0.830. The standard InChI is InChI=1S/C12H17NO2/c1-12(13-7-8-15-12)9-10-5-3-4-6-11(10)14-2/h3-6,13H,7-9H2,1-2H3. The van der Waals surface area contributed by atoms with Gasteiger partial charge in [-0.1, -0.05) is 18.2 Å². The monoisotopic (exact) mass is 207 g/mol. The van der Waals surface area contributed by atoms with Crippen LogP contribution >= 0.6 is 0 Å². The van der Waals surface area contributed by atoms with Gasteiger partial charge in [-0.25, -0.2) is 0 Å². The molecule has 1 unspecified atom stereocenters. The van der Waals surface area contributed by atoms with Gasteiger partial charge in [0.15, 0.2) is 0 Å². The van der Waals surface area contributed by atoms with Crippen molar-refractivity contribution in [2.24, 2.45) is 0 Å². The maximum atomic E-state index is 5.68. The van der Waals surface area contributed by atoms with Crippen LogP contribution in [0.15, 0.2) is 24.3 Å². The largest absolute Gasteiger partial charge is 0.496 e. The van der Waals surface area contributed by atoms with Crippen molar-refractivity contribution in [2.75, 3.05) is 20.3 Å². The summed E-state index contributed by atoms with van der Waals surface area (Å²) in [7, 11) is 1.70. The van der Waals surface area contributed by atoms with E-state index < -0.39 is 0 Å². The SMILES string of the molecule is COc1ccccc1CC1(C)NCCO1. The van der Waals surface area contributed by atoms with Crippen molar-refractivity contribution >= 4 is 0 Å². The molecule has 3 heteroatoms. The van der Waals surface area contributed by atoms with Crippen molar-refractivity contribution in [3.8, 4) is 5.75 Å². The van der Waals surface area contributed by atoms with Crippen molar-refractivity contribution in [1.82, 2.24) is 5.32 Å². The van der Waals surface area contributed by atoms with Crippen LogP contribution in [0.25, 0.3) is 0 Å². The van der Waals surface area contributed by atoms with Crippen LogP contribution in [-0.4, -0.2) is 26.0 Å². The van der Waals surface area contributed by atoms with Crippen molar-refractivity contribution in [2.45, 2.75) is 19.1 Å². The van der Waals surface area contributed by atoms with Crippen molar-refractivity contribution in [3.05, 3.63) is 29.8 Å². The van der Waals surface area contributed by atoms with Crippen molar-refractivity contribution < 1.29 is 9.47 Å². The van der Waals surface area contributed by atoms with E-state index in [0.717, 1.165) is 25.3 Å². The minimum absolute atomic E-state index is 0.241. The third kappa shape index (κ3) is 2.30. The summed E-state index contributed by atoms with van der Waals surface area (Å²) in [5.41, 5.74) is 0.936. The van der Waals surface area contributed by atoms with Crippen LogP contribution in [-0.2, 0) is 11.2 Å². The molecule has 1 aromatic carbocycles. The number of nitrogens with one attached hydrogen (secondary N) is 1. The molecule has 15 heavy (non-hydrogen) atoms. The normalized spacial score (nSPS) is 25.5. The van der Waals surface area contributed by atoms with Gasteiger partial charge in [0.2, 0.25) is 0 Å². The number of hydrogen-bond acceptors (Lipinski definition) is 3. The van der Waals surface area contributed by atoms with E-state index in [-0.39, 0.29) is 5.72 Å². The molecule has 3 nitrogen and oxygen atoms in total. The van der Waals surface area contributed by atoms with Crippen LogP contribution in [0, 0.1) is 0 Å². The lowest BCUT2D eigenvalue weighted by molar-refractivity contribution is 0.00661. The molecular formula is C12H17NO2. The van der Waals surface area contributed by atoms with Gasteiger partial charge in [0, 0.05) is 13.0 Å². The molecule has 1 saturated heterocycles. The van der Waals surface area contributed by atoms with Crippen LogP contribution in [0.3, 0.4) is 0 Å². The van der Waals surface area contributed by atoms with E-state index in [1.54, 1.807) is 7.11 Å². The van der Waals surface area contributed by atoms with E-state index in [2.05, 4.69) is 18.3 Å². The van der Waals surface area contributed by atoms with Crippen LogP contribution in [0.5, 0.6) is 5.75 Å². The Morgan fingerprint density at radius 1 is 1.47 bits per heavy atom. The molecule has 0 aromatic heterocycles. The summed E-state index contributed by atoms with van der Waals surface area (Å²) in [6.45, 7) is 3.78. The lowest BCUT2D eigenvalue weighted by Gasteiger charge is -2.24. The molecule has 1 fully saturated rings. The molecule has 1 aromatic rings. The Morgan fingerprint density at radius 3 is 2.93 bits per heavy atom. The van der Waals surface area contributed by atoms with Gasteiger partial charge in [0.05, 0.1) is 13.7 Å². The summed E-state index contributed by atoms with van der Waals surface area (Å²) in [5, 5.41) is 3.35. The van der Waals surface area contributed by atoms with Crippen LogP contribution in [0.1, 0.15) is 12.5 Å². The second-order valence-electron chi connectivity index (χ2n) is 3.99. The van der Waals surface area contributed by atoms with Crippen LogP contribution < -0.4 is 10.1 Å². The number of para-hydroxylation sites is 1.